The number of unbranched alkanes of at least 4 members (excludes halogenated alkanes) is 1. The van der Waals surface area contributed by atoms with Crippen LogP contribution in [0.5, 0.6) is 0 Å². The van der Waals surface area contributed by atoms with Gasteiger partial charge in [-0.25, -0.2) is 4.79 Å². The van der Waals surface area contributed by atoms with E-state index in [1.807, 2.05) is 19.1 Å². The van der Waals surface area contributed by atoms with Crippen molar-refractivity contribution in [3.05, 3.63) is 58.9 Å². The second-order valence-corrected chi connectivity index (χ2v) is 6.88. The maximum Gasteiger partial charge on any atom is 0.326 e. The number of aryl methyl sites for hydroxylation is 1. The summed E-state index contributed by atoms with van der Waals surface area (Å²) >= 11 is 0. The minimum atomic E-state index is -1.06. The lowest BCUT2D eigenvalue weighted by Gasteiger charge is -2.15. The molecule has 2 rings (SSSR count). The van der Waals surface area contributed by atoms with Gasteiger partial charge in [-0.15, -0.1) is 0 Å². The molecule has 0 fully saturated rings. The topological polar surface area (TPSA) is 146 Å². The summed E-state index contributed by atoms with van der Waals surface area (Å²) in [5.74, 6) is -1.58. The fraction of sp³-hybridized carbons (Fsp3) is 0.381. The highest BCUT2D eigenvalue weighted by molar-refractivity contribution is 6.08. The standard InChI is InChI=1S/C21H27N3O4.H2O/c1-14-6-8-15(9-7-14)20(26)18-11-10-16(24(18)2)13-19(25)23-17(21(27)28)5-3-4-12-22;/h6-11,17H,3-5,12-13,22H2,1-2H3,(H,23,25)(H,27,28);1H2. The molecule has 0 saturated heterocycles. The SMILES string of the molecule is Cc1ccc(C(=O)c2ccc(CC(=O)NC(CCCCN)C(=O)O)n2C)cc1.O. The lowest BCUT2D eigenvalue weighted by molar-refractivity contribution is -0.142. The maximum atomic E-state index is 12.7. The summed E-state index contributed by atoms with van der Waals surface area (Å²) in [6.07, 6.45) is 1.68. The fourth-order valence-corrected chi connectivity index (χ4v) is 2.97. The molecule has 1 heterocycles. The third-order valence-corrected chi connectivity index (χ3v) is 4.69. The molecule has 6 N–H and O–H groups in total. The second kappa shape index (κ2) is 11.1. The Morgan fingerprint density at radius 2 is 1.76 bits per heavy atom. The van der Waals surface area contributed by atoms with E-state index in [0.29, 0.717) is 42.8 Å². The third-order valence-electron chi connectivity index (χ3n) is 4.69. The summed E-state index contributed by atoms with van der Waals surface area (Å²) in [5.41, 5.74) is 8.18. The Balaban J connectivity index is 0.00000420. The number of amides is 1. The summed E-state index contributed by atoms with van der Waals surface area (Å²) in [7, 11) is 1.72. The van der Waals surface area contributed by atoms with Crippen LogP contribution in [0.4, 0.5) is 0 Å². The molecule has 0 saturated carbocycles. The van der Waals surface area contributed by atoms with E-state index < -0.39 is 17.9 Å². The molecule has 29 heavy (non-hydrogen) atoms. The minimum Gasteiger partial charge on any atom is -0.480 e. The molecule has 2 aromatic rings. The highest BCUT2D eigenvalue weighted by Gasteiger charge is 2.21. The summed E-state index contributed by atoms with van der Waals surface area (Å²) in [4.78, 5) is 36.3. The van der Waals surface area contributed by atoms with Gasteiger partial charge in [-0.1, -0.05) is 29.8 Å². The van der Waals surface area contributed by atoms with Crippen LogP contribution >= 0.6 is 0 Å². The number of hydrogen-bond acceptors (Lipinski definition) is 4. The van der Waals surface area contributed by atoms with E-state index >= 15 is 0 Å². The van der Waals surface area contributed by atoms with E-state index in [0.717, 1.165) is 5.56 Å². The first-order valence-corrected chi connectivity index (χ1v) is 9.31. The van der Waals surface area contributed by atoms with Gasteiger partial charge in [0.2, 0.25) is 11.7 Å². The van der Waals surface area contributed by atoms with Gasteiger partial charge in [-0.3, -0.25) is 9.59 Å². The maximum absolute atomic E-state index is 12.7. The van der Waals surface area contributed by atoms with E-state index in [2.05, 4.69) is 5.32 Å². The number of nitrogens with one attached hydrogen (secondary N) is 1. The number of rotatable bonds is 10. The van der Waals surface area contributed by atoms with Gasteiger partial charge in [0, 0.05) is 18.3 Å². The van der Waals surface area contributed by atoms with Crippen LogP contribution in [0.15, 0.2) is 36.4 Å². The van der Waals surface area contributed by atoms with Gasteiger partial charge in [-0.2, -0.15) is 0 Å². The molecule has 0 aliphatic heterocycles. The van der Waals surface area contributed by atoms with Crippen LogP contribution in [-0.4, -0.2) is 45.4 Å². The van der Waals surface area contributed by atoms with Crippen LogP contribution in [0.2, 0.25) is 0 Å². The first-order valence-electron chi connectivity index (χ1n) is 9.31. The van der Waals surface area contributed by atoms with Crippen LogP contribution in [0, 0.1) is 6.92 Å². The van der Waals surface area contributed by atoms with Crippen molar-refractivity contribution in [3.8, 4) is 0 Å². The summed E-state index contributed by atoms with van der Waals surface area (Å²) in [6.45, 7) is 2.44. The van der Waals surface area contributed by atoms with Crippen LogP contribution in [0.1, 0.15) is 46.6 Å². The lowest BCUT2D eigenvalue weighted by atomic mass is 10.1. The highest BCUT2D eigenvalue weighted by Crippen LogP contribution is 2.15. The summed E-state index contributed by atoms with van der Waals surface area (Å²) in [6, 6.07) is 9.76. The first-order chi connectivity index (χ1) is 13.3. The zero-order valence-electron chi connectivity index (χ0n) is 16.8. The van der Waals surface area contributed by atoms with Crippen molar-refractivity contribution in [1.82, 2.24) is 9.88 Å². The number of aliphatic carboxylic acids is 1. The molecule has 0 spiro atoms. The summed E-state index contributed by atoms with van der Waals surface area (Å²) in [5, 5.41) is 11.8. The van der Waals surface area contributed by atoms with Crippen LogP contribution in [0.25, 0.3) is 0 Å². The van der Waals surface area contributed by atoms with E-state index in [4.69, 9.17) is 5.73 Å². The fourth-order valence-electron chi connectivity index (χ4n) is 2.97. The molecule has 1 aromatic heterocycles. The molecule has 0 bridgehead atoms. The number of carboxylic acids is 1. The van der Waals surface area contributed by atoms with Crippen molar-refractivity contribution in [3.63, 3.8) is 0 Å². The number of carboxylic acid groups (broad SMARTS) is 1. The minimum absolute atomic E-state index is 0. The van der Waals surface area contributed by atoms with Crippen molar-refractivity contribution in [2.45, 2.75) is 38.6 Å². The van der Waals surface area contributed by atoms with E-state index in [1.165, 1.54) is 0 Å². The van der Waals surface area contributed by atoms with Gasteiger partial charge in [0.05, 0.1) is 12.1 Å². The molecular weight excluding hydrogens is 374 g/mol. The molecule has 8 nitrogen and oxygen atoms in total. The number of carbonyl (C=O) groups is 3. The average Bonchev–Trinajstić information content (AvgIpc) is 3.01. The number of benzene rings is 1. The first kappa shape index (κ1) is 24.1. The Morgan fingerprint density at radius 1 is 1.10 bits per heavy atom. The van der Waals surface area contributed by atoms with Gasteiger partial charge >= 0.3 is 5.97 Å². The van der Waals surface area contributed by atoms with Crippen molar-refractivity contribution in [1.29, 1.82) is 0 Å². The zero-order valence-corrected chi connectivity index (χ0v) is 16.8. The van der Waals surface area contributed by atoms with Gasteiger partial charge in [-0.05, 0) is 44.9 Å². The number of hydrogen-bond donors (Lipinski definition) is 3. The molecule has 1 unspecified atom stereocenters. The van der Waals surface area contributed by atoms with Gasteiger partial charge in [0.1, 0.15) is 6.04 Å². The Hall–Kier alpha value is -2.97. The number of ketones is 1. The third kappa shape index (κ3) is 6.55. The number of nitrogens with two attached hydrogens (primary N) is 1. The van der Waals surface area contributed by atoms with Gasteiger partial charge in [0.25, 0.3) is 0 Å². The summed E-state index contributed by atoms with van der Waals surface area (Å²) < 4.78 is 1.67. The van der Waals surface area contributed by atoms with Crippen LogP contribution in [-0.2, 0) is 23.1 Å². The molecule has 0 radical (unpaired) electrons. The Bertz CT molecular complexity index is 843. The highest BCUT2D eigenvalue weighted by atomic mass is 16.4. The molecule has 158 valence electrons. The molecular formula is C21H29N3O5. The zero-order chi connectivity index (χ0) is 20.7. The number of carbonyl (C=O) groups excluding carboxylic acids is 2. The van der Waals surface area contributed by atoms with Crippen LogP contribution < -0.4 is 11.1 Å². The lowest BCUT2D eigenvalue weighted by Crippen LogP contribution is -2.41. The molecule has 1 aromatic carbocycles. The van der Waals surface area contributed by atoms with Crippen molar-refractivity contribution in [2.24, 2.45) is 12.8 Å². The number of nitrogens with zero attached hydrogens (tertiary/aromatic N) is 1. The molecule has 8 heteroatoms. The smallest absolute Gasteiger partial charge is 0.326 e. The predicted molar refractivity (Wildman–Crippen MR) is 110 cm³/mol. The van der Waals surface area contributed by atoms with E-state index in [-0.39, 0.29) is 17.7 Å². The molecule has 1 atom stereocenters. The van der Waals surface area contributed by atoms with Gasteiger partial charge < -0.3 is 26.2 Å². The molecule has 0 aliphatic rings. The number of aromatic nitrogens is 1. The van der Waals surface area contributed by atoms with E-state index in [1.54, 1.807) is 35.9 Å². The molecule has 0 aliphatic carbocycles. The van der Waals surface area contributed by atoms with Crippen molar-refractivity contribution < 1.29 is 25.0 Å². The van der Waals surface area contributed by atoms with Gasteiger partial charge in [0.15, 0.2) is 0 Å². The predicted octanol–water partition coefficient (Wildman–Crippen LogP) is 0.981. The van der Waals surface area contributed by atoms with Crippen molar-refractivity contribution in [2.75, 3.05) is 6.54 Å². The normalized spacial score (nSPS) is 11.4. The van der Waals surface area contributed by atoms with Crippen LogP contribution in [0.3, 0.4) is 0 Å². The Kier molecular flexibility index (Phi) is 9.24. The largest absolute Gasteiger partial charge is 0.480 e. The monoisotopic (exact) mass is 403 g/mol. The Labute approximate surface area is 170 Å². The second-order valence-electron chi connectivity index (χ2n) is 6.88. The van der Waals surface area contributed by atoms with Crippen molar-refractivity contribution >= 4 is 17.7 Å². The average molecular weight is 403 g/mol. The van der Waals surface area contributed by atoms with E-state index in [9.17, 15) is 19.5 Å². The Morgan fingerprint density at radius 3 is 2.34 bits per heavy atom. The molecule has 1 amide bonds. The quantitative estimate of drug-likeness (QED) is 0.400.